The first-order valence-electron chi connectivity index (χ1n) is 8.85. The second kappa shape index (κ2) is 6.16. The zero-order valence-corrected chi connectivity index (χ0v) is 14.2. The smallest absolute Gasteiger partial charge is 0.259 e. The average Bonchev–Trinajstić information content (AvgIpc) is 3.20. The van der Waals surface area contributed by atoms with E-state index in [9.17, 15) is 4.79 Å². The third kappa shape index (κ3) is 2.79. The molecule has 0 unspecified atom stereocenters. The number of carbonyl (C=O) groups is 1. The molecule has 6 nitrogen and oxygen atoms in total. The van der Waals surface area contributed by atoms with E-state index in [-0.39, 0.29) is 12.0 Å². The number of amides is 1. The van der Waals surface area contributed by atoms with Crippen LogP contribution in [0, 0.1) is 6.92 Å². The first-order valence-corrected chi connectivity index (χ1v) is 8.85. The van der Waals surface area contributed by atoms with Gasteiger partial charge in [0.05, 0.1) is 22.7 Å². The van der Waals surface area contributed by atoms with Gasteiger partial charge in [0.2, 0.25) is 0 Å². The van der Waals surface area contributed by atoms with Crippen molar-refractivity contribution in [1.82, 2.24) is 15.0 Å². The van der Waals surface area contributed by atoms with Crippen molar-refractivity contribution in [3.05, 3.63) is 23.0 Å². The fourth-order valence-electron chi connectivity index (χ4n) is 3.43. The van der Waals surface area contributed by atoms with Gasteiger partial charge in [-0.1, -0.05) is 5.16 Å². The lowest BCUT2D eigenvalue weighted by Gasteiger charge is -2.24. The van der Waals surface area contributed by atoms with E-state index in [4.69, 9.17) is 9.26 Å². The van der Waals surface area contributed by atoms with Crippen LogP contribution in [0.25, 0.3) is 11.1 Å². The van der Waals surface area contributed by atoms with Crippen LogP contribution in [-0.4, -0.2) is 46.7 Å². The van der Waals surface area contributed by atoms with Crippen molar-refractivity contribution in [3.63, 3.8) is 0 Å². The molecule has 6 heteroatoms. The molecule has 24 heavy (non-hydrogen) atoms. The monoisotopic (exact) mass is 329 g/mol. The van der Waals surface area contributed by atoms with Crippen LogP contribution in [0.3, 0.4) is 0 Å². The second-order valence-corrected chi connectivity index (χ2v) is 6.80. The maximum atomic E-state index is 13.2. The van der Waals surface area contributed by atoms with Gasteiger partial charge in [0.25, 0.3) is 11.6 Å². The predicted molar refractivity (Wildman–Crippen MR) is 89.1 cm³/mol. The van der Waals surface area contributed by atoms with Crippen molar-refractivity contribution in [2.24, 2.45) is 0 Å². The molecular weight excluding hydrogens is 306 g/mol. The van der Waals surface area contributed by atoms with Gasteiger partial charge in [-0.15, -0.1) is 0 Å². The van der Waals surface area contributed by atoms with Gasteiger partial charge < -0.3 is 14.2 Å². The first kappa shape index (κ1) is 15.6. The van der Waals surface area contributed by atoms with Crippen LogP contribution in [0.1, 0.15) is 60.3 Å². The van der Waals surface area contributed by atoms with E-state index in [0.717, 1.165) is 49.1 Å². The molecular formula is C18H23N3O3. The SMILES string of the molecule is CCN(C[C@@H]1CCCO1)C(=O)c1cc(C2CC2)nc2onc(C)c12. The number of aryl methyl sites for hydroxylation is 1. The molecule has 1 aliphatic carbocycles. The van der Waals surface area contributed by atoms with Crippen LogP contribution < -0.4 is 0 Å². The highest BCUT2D eigenvalue weighted by Gasteiger charge is 2.30. The summed E-state index contributed by atoms with van der Waals surface area (Å²) in [6, 6.07) is 1.95. The van der Waals surface area contributed by atoms with E-state index in [1.165, 1.54) is 0 Å². The fraction of sp³-hybridized carbons (Fsp3) is 0.611. The molecule has 1 saturated heterocycles. The van der Waals surface area contributed by atoms with Crippen LogP contribution >= 0.6 is 0 Å². The zero-order valence-electron chi connectivity index (χ0n) is 14.2. The van der Waals surface area contributed by atoms with E-state index in [1.54, 1.807) is 0 Å². The van der Waals surface area contributed by atoms with Crippen LogP contribution in [0.2, 0.25) is 0 Å². The highest BCUT2D eigenvalue weighted by Crippen LogP contribution is 2.40. The molecule has 2 fully saturated rings. The molecule has 1 aliphatic heterocycles. The molecule has 1 amide bonds. The molecule has 0 radical (unpaired) electrons. The summed E-state index contributed by atoms with van der Waals surface area (Å²) in [5.74, 6) is 0.480. The summed E-state index contributed by atoms with van der Waals surface area (Å²) in [6.07, 6.45) is 4.51. The Hall–Kier alpha value is -1.95. The van der Waals surface area contributed by atoms with Gasteiger partial charge in [-0.3, -0.25) is 4.79 Å². The number of hydrogen-bond donors (Lipinski definition) is 0. The number of aromatic nitrogens is 2. The highest BCUT2D eigenvalue weighted by atomic mass is 16.5. The summed E-state index contributed by atoms with van der Waals surface area (Å²) >= 11 is 0. The number of fused-ring (bicyclic) bond motifs is 1. The van der Waals surface area contributed by atoms with E-state index < -0.39 is 0 Å². The molecule has 2 aromatic heterocycles. The Bertz CT molecular complexity index is 760. The van der Waals surface area contributed by atoms with Crippen molar-refractivity contribution < 1.29 is 14.1 Å². The van der Waals surface area contributed by atoms with Gasteiger partial charge in [-0.2, -0.15) is 0 Å². The molecule has 1 atom stereocenters. The van der Waals surface area contributed by atoms with Crippen molar-refractivity contribution in [3.8, 4) is 0 Å². The van der Waals surface area contributed by atoms with Gasteiger partial charge in [-0.05, 0) is 45.6 Å². The normalized spacial score (nSPS) is 20.7. The number of carbonyl (C=O) groups excluding carboxylic acids is 1. The van der Waals surface area contributed by atoms with Crippen LogP contribution in [-0.2, 0) is 4.74 Å². The number of rotatable bonds is 5. The summed E-state index contributed by atoms with van der Waals surface area (Å²) in [7, 11) is 0. The molecule has 0 bridgehead atoms. The summed E-state index contributed by atoms with van der Waals surface area (Å²) in [4.78, 5) is 19.6. The van der Waals surface area contributed by atoms with Gasteiger partial charge >= 0.3 is 0 Å². The summed E-state index contributed by atoms with van der Waals surface area (Å²) in [5, 5.41) is 4.76. The van der Waals surface area contributed by atoms with E-state index in [0.29, 0.717) is 30.3 Å². The molecule has 0 N–H and O–H groups in total. The van der Waals surface area contributed by atoms with E-state index >= 15 is 0 Å². The molecule has 1 saturated carbocycles. The minimum Gasteiger partial charge on any atom is -0.376 e. The van der Waals surface area contributed by atoms with Crippen molar-refractivity contribution >= 4 is 17.0 Å². The number of ether oxygens (including phenoxy) is 1. The summed E-state index contributed by atoms with van der Waals surface area (Å²) in [6.45, 7) is 5.96. The average molecular weight is 329 g/mol. The number of hydrogen-bond acceptors (Lipinski definition) is 5. The van der Waals surface area contributed by atoms with Gasteiger partial charge in [0.1, 0.15) is 0 Å². The molecule has 0 aromatic carbocycles. The topological polar surface area (TPSA) is 68.5 Å². The van der Waals surface area contributed by atoms with Crippen molar-refractivity contribution in [1.29, 1.82) is 0 Å². The molecule has 2 aliphatic rings. The lowest BCUT2D eigenvalue weighted by atomic mass is 10.1. The van der Waals surface area contributed by atoms with Crippen LogP contribution in [0.4, 0.5) is 0 Å². The minimum atomic E-state index is 0.0219. The zero-order chi connectivity index (χ0) is 16.7. The first-order chi connectivity index (χ1) is 11.7. The predicted octanol–water partition coefficient (Wildman–Crippen LogP) is 3.05. The Kier molecular flexibility index (Phi) is 4.00. The van der Waals surface area contributed by atoms with E-state index in [1.807, 2.05) is 24.8 Å². The van der Waals surface area contributed by atoms with Gasteiger partial charge in [0, 0.05) is 31.3 Å². The van der Waals surface area contributed by atoms with Crippen LogP contribution in [0.5, 0.6) is 0 Å². The molecule has 128 valence electrons. The molecule has 0 spiro atoms. The summed E-state index contributed by atoms with van der Waals surface area (Å²) < 4.78 is 11.1. The van der Waals surface area contributed by atoms with Crippen LogP contribution in [0.15, 0.2) is 10.6 Å². The number of nitrogens with zero attached hydrogens (tertiary/aromatic N) is 3. The Morgan fingerprint density at radius 3 is 2.88 bits per heavy atom. The molecule has 4 rings (SSSR count). The number of likely N-dealkylation sites (N-methyl/N-ethyl adjacent to an activating group) is 1. The quantitative estimate of drug-likeness (QED) is 0.843. The standard InChI is InChI=1S/C18H23N3O3/c1-3-21(10-13-5-4-8-23-13)18(22)14-9-15(12-6-7-12)19-17-16(14)11(2)20-24-17/h9,12-13H,3-8,10H2,1-2H3/t13-/m0/s1. The largest absolute Gasteiger partial charge is 0.376 e. The van der Waals surface area contributed by atoms with E-state index in [2.05, 4.69) is 10.1 Å². The third-order valence-electron chi connectivity index (χ3n) is 4.98. The van der Waals surface area contributed by atoms with Crippen molar-refractivity contribution in [2.75, 3.05) is 19.7 Å². The highest BCUT2D eigenvalue weighted by molar-refractivity contribution is 6.06. The fourth-order valence-corrected chi connectivity index (χ4v) is 3.43. The lowest BCUT2D eigenvalue weighted by molar-refractivity contribution is 0.0540. The van der Waals surface area contributed by atoms with Gasteiger partial charge in [0.15, 0.2) is 0 Å². The maximum Gasteiger partial charge on any atom is 0.259 e. The second-order valence-electron chi connectivity index (χ2n) is 6.80. The third-order valence-corrected chi connectivity index (χ3v) is 4.98. The minimum absolute atomic E-state index is 0.0219. The molecule has 3 heterocycles. The number of pyridine rings is 1. The Morgan fingerprint density at radius 1 is 1.38 bits per heavy atom. The molecule has 2 aromatic rings. The Labute approximate surface area is 141 Å². The van der Waals surface area contributed by atoms with Crippen molar-refractivity contribution in [2.45, 2.75) is 51.6 Å². The van der Waals surface area contributed by atoms with Gasteiger partial charge in [-0.25, -0.2) is 4.98 Å². The lowest BCUT2D eigenvalue weighted by Crippen LogP contribution is -2.37. The summed E-state index contributed by atoms with van der Waals surface area (Å²) in [5.41, 5.74) is 2.82. The Balaban J connectivity index is 1.69. The Morgan fingerprint density at radius 2 is 2.21 bits per heavy atom. The maximum absolute atomic E-state index is 13.2.